The average molecular weight is 315 g/mol. The summed E-state index contributed by atoms with van der Waals surface area (Å²) in [4.78, 5) is 23.1. The number of carbonyl (C=O) groups is 2. The molecule has 0 aliphatic carbocycles. The van der Waals surface area contributed by atoms with Gasteiger partial charge in [-0.3, -0.25) is 9.59 Å². The highest BCUT2D eigenvalue weighted by atomic mass is 16.2. The Hall–Kier alpha value is -3.20. The first kappa shape index (κ1) is 15.7. The van der Waals surface area contributed by atoms with Gasteiger partial charge in [-0.1, -0.05) is 91.0 Å². The molecule has 0 saturated carbocycles. The minimum atomic E-state index is -0.929. The molecule has 0 heterocycles. The second kappa shape index (κ2) is 6.92. The van der Waals surface area contributed by atoms with E-state index in [1.54, 1.807) is 0 Å². The largest absolute Gasteiger partial charge is 0.332 e. The molecule has 3 aromatic carbocycles. The van der Waals surface area contributed by atoms with Crippen LogP contribution in [0.3, 0.4) is 0 Å². The van der Waals surface area contributed by atoms with E-state index >= 15 is 0 Å². The number of hydrogen-bond donors (Lipinski definition) is 1. The number of amides is 1. The van der Waals surface area contributed by atoms with E-state index in [0.29, 0.717) is 6.29 Å². The van der Waals surface area contributed by atoms with E-state index < -0.39 is 11.4 Å². The van der Waals surface area contributed by atoms with Gasteiger partial charge in [-0.25, -0.2) is 0 Å². The molecule has 0 atom stereocenters. The molecule has 0 saturated heterocycles. The Morgan fingerprint density at radius 1 is 0.667 bits per heavy atom. The number of hydrogen-bond acceptors (Lipinski definition) is 2. The third-order valence-electron chi connectivity index (χ3n) is 4.04. The number of aldehydes is 1. The van der Waals surface area contributed by atoms with Crippen LogP contribution in [0.1, 0.15) is 16.7 Å². The third kappa shape index (κ3) is 2.84. The van der Waals surface area contributed by atoms with Crippen molar-refractivity contribution in [2.75, 3.05) is 0 Å². The molecule has 0 radical (unpaired) electrons. The maximum Gasteiger partial charge on any atom is 0.285 e. The molecular weight excluding hydrogens is 298 g/mol. The van der Waals surface area contributed by atoms with Crippen LogP contribution in [0.15, 0.2) is 91.0 Å². The second-order valence-electron chi connectivity index (χ2n) is 5.46. The predicted octanol–water partition coefficient (Wildman–Crippen LogP) is 3.29. The maximum absolute atomic E-state index is 12.1. The zero-order valence-corrected chi connectivity index (χ0v) is 13.1. The molecule has 0 aliphatic heterocycles. The van der Waals surface area contributed by atoms with Crippen LogP contribution in [0.4, 0.5) is 0 Å². The van der Waals surface area contributed by atoms with Crippen LogP contribution in [-0.4, -0.2) is 12.2 Å². The van der Waals surface area contributed by atoms with Crippen molar-refractivity contribution in [2.45, 2.75) is 5.54 Å². The Kier molecular flexibility index (Phi) is 4.52. The van der Waals surface area contributed by atoms with E-state index in [2.05, 4.69) is 5.32 Å². The summed E-state index contributed by atoms with van der Waals surface area (Å²) in [5.41, 5.74) is 1.73. The van der Waals surface area contributed by atoms with Gasteiger partial charge in [0.1, 0.15) is 5.54 Å². The van der Waals surface area contributed by atoms with Crippen molar-refractivity contribution >= 4 is 12.2 Å². The number of rotatable bonds is 5. The van der Waals surface area contributed by atoms with Gasteiger partial charge >= 0.3 is 0 Å². The number of carbonyl (C=O) groups excluding carboxylic acids is 2. The van der Waals surface area contributed by atoms with Crippen molar-refractivity contribution in [3.05, 3.63) is 108 Å². The standard InChI is InChI=1S/C21H17NO2/c23-16-20(24)22-21(17-10-4-1-5-11-17,18-12-6-2-7-13-18)19-14-8-3-9-15-19/h1-16H,(H,22,24). The maximum atomic E-state index is 12.1. The quantitative estimate of drug-likeness (QED) is 0.446. The summed E-state index contributed by atoms with van der Waals surface area (Å²) in [7, 11) is 0. The van der Waals surface area contributed by atoms with Gasteiger partial charge in [-0.15, -0.1) is 0 Å². The highest BCUT2D eigenvalue weighted by Gasteiger charge is 2.37. The zero-order valence-electron chi connectivity index (χ0n) is 13.1. The van der Waals surface area contributed by atoms with E-state index in [-0.39, 0.29) is 0 Å². The van der Waals surface area contributed by atoms with Gasteiger partial charge in [0.05, 0.1) is 0 Å². The fraction of sp³-hybridized carbons (Fsp3) is 0.0476. The smallest absolute Gasteiger partial charge is 0.285 e. The van der Waals surface area contributed by atoms with Crippen LogP contribution in [0.2, 0.25) is 0 Å². The van der Waals surface area contributed by atoms with E-state index in [0.717, 1.165) is 16.7 Å². The molecule has 118 valence electrons. The van der Waals surface area contributed by atoms with Gasteiger partial charge in [0.25, 0.3) is 5.91 Å². The summed E-state index contributed by atoms with van der Waals surface area (Å²) < 4.78 is 0. The first-order chi connectivity index (χ1) is 11.8. The molecule has 0 aromatic heterocycles. The second-order valence-corrected chi connectivity index (χ2v) is 5.46. The van der Waals surface area contributed by atoms with E-state index in [4.69, 9.17) is 0 Å². The summed E-state index contributed by atoms with van der Waals surface area (Å²) in [5.74, 6) is -0.661. The van der Waals surface area contributed by atoms with Gasteiger partial charge < -0.3 is 5.32 Å². The summed E-state index contributed by atoms with van der Waals surface area (Å²) in [5, 5.41) is 2.92. The minimum Gasteiger partial charge on any atom is -0.332 e. The monoisotopic (exact) mass is 315 g/mol. The van der Waals surface area contributed by atoms with Crippen molar-refractivity contribution < 1.29 is 9.59 Å². The molecule has 3 aromatic rings. The molecule has 3 heteroatoms. The summed E-state index contributed by atoms with van der Waals surface area (Å²) in [6.45, 7) is 0. The lowest BCUT2D eigenvalue weighted by molar-refractivity contribution is -0.132. The van der Waals surface area contributed by atoms with Crippen molar-refractivity contribution in [2.24, 2.45) is 0 Å². The van der Waals surface area contributed by atoms with E-state index in [9.17, 15) is 9.59 Å². The first-order valence-corrected chi connectivity index (χ1v) is 7.71. The van der Waals surface area contributed by atoms with Gasteiger partial charge in [0.15, 0.2) is 0 Å². The highest BCUT2D eigenvalue weighted by Crippen LogP contribution is 2.36. The van der Waals surface area contributed by atoms with Crippen LogP contribution in [-0.2, 0) is 15.1 Å². The molecule has 0 bridgehead atoms. The van der Waals surface area contributed by atoms with Crippen molar-refractivity contribution in [1.82, 2.24) is 5.32 Å². The first-order valence-electron chi connectivity index (χ1n) is 7.71. The molecule has 0 aliphatic rings. The van der Waals surface area contributed by atoms with E-state index in [1.165, 1.54) is 0 Å². The van der Waals surface area contributed by atoms with Crippen molar-refractivity contribution in [3.63, 3.8) is 0 Å². The fourth-order valence-electron chi connectivity index (χ4n) is 3.00. The minimum absolute atomic E-state index is 0.309. The molecule has 1 amide bonds. The molecule has 3 nitrogen and oxygen atoms in total. The molecule has 0 unspecified atom stereocenters. The Labute approximate surface area is 141 Å². The lowest BCUT2D eigenvalue weighted by atomic mass is 9.77. The fourth-order valence-corrected chi connectivity index (χ4v) is 3.00. The third-order valence-corrected chi connectivity index (χ3v) is 4.04. The highest BCUT2D eigenvalue weighted by molar-refractivity contribution is 6.24. The topological polar surface area (TPSA) is 46.2 Å². The molecule has 1 N–H and O–H groups in total. The molecule has 0 fully saturated rings. The van der Waals surface area contributed by atoms with Crippen LogP contribution in [0.25, 0.3) is 0 Å². The predicted molar refractivity (Wildman–Crippen MR) is 93.4 cm³/mol. The van der Waals surface area contributed by atoms with Gasteiger partial charge in [-0.2, -0.15) is 0 Å². The summed E-state index contributed by atoms with van der Waals surface area (Å²) in [6, 6.07) is 29.0. The number of nitrogens with one attached hydrogen (secondary N) is 1. The molecular formula is C21H17NO2. The van der Waals surface area contributed by atoms with Gasteiger partial charge in [0.2, 0.25) is 6.29 Å². The number of benzene rings is 3. The van der Waals surface area contributed by atoms with E-state index in [1.807, 2.05) is 91.0 Å². The van der Waals surface area contributed by atoms with Crippen LogP contribution >= 0.6 is 0 Å². The van der Waals surface area contributed by atoms with Gasteiger partial charge in [0, 0.05) is 0 Å². The molecule has 3 rings (SSSR count). The Bertz CT molecular complexity index is 718. The van der Waals surface area contributed by atoms with Crippen LogP contribution < -0.4 is 5.32 Å². The van der Waals surface area contributed by atoms with Crippen molar-refractivity contribution in [3.8, 4) is 0 Å². The molecule has 0 spiro atoms. The van der Waals surface area contributed by atoms with Crippen molar-refractivity contribution in [1.29, 1.82) is 0 Å². The van der Waals surface area contributed by atoms with Gasteiger partial charge in [-0.05, 0) is 16.7 Å². The van der Waals surface area contributed by atoms with Crippen LogP contribution in [0, 0.1) is 0 Å². The summed E-state index contributed by atoms with van der Waals surface area (Å²) in [6.07, 6.45) is 0.309. The lowest BCUT2D eigenvalue weighted by Gasteiger charge is -2.36. The SMILES string of the molecule is O=CC(=O)NC(c1ccccc1)(c1ccccc1)c1ccccc1. The average Bonchev–Trinajstić information content (AvgIpc) is 2.68. The zero-order chi connectivity index (χ0) is 16.8. The molecule has 24 heavy (non-hydrogen) atoms. The Morgan fingerprint density at radius 3 is 1.29 bits per heavy atom. The normalized spacial score (nSPS) is 10.8. The summed E-state index contributed by atoms with van der Waals surface area (Å²) >= 11 is 0. The lowest BCUT2D eigenvalue weighted by Crippen LogP contribution is -2.48. The Morgan fingerprint density at radius 2 is 1.00 bits per heavy atom. The Balaban J connectivity index is 2.32. The van der Waals surface area contributed by atoms with Crippen LogP contribution in [0.5, 0.6) is 0 Å².